The van der Waals surface area contributed by atoms with Crippen molar-refractivity contribution >= 4 is 17.4 Å². The summed E-state index contributed by atoms with van der Waals surface area (Å²) in [7, 11) is 2.22. The molecule has 1 atom stereocenters. The zero-order chi connectivity index (χ0) is 17.3. The monoisotopic (exact) mass is 358 g/mol. The number of halogens is 1. The molecule has 1 aromatic heterocycles. The fourth-order valence-electron chi connectivity index (χ4n) is 4.07. The van der Waals surface area contributed by atoms with E-state index in [2.05, 4.69) is 27.5 Å². The van der Waals surface area contributed by atoms with Gasteiger partial charge in [0.1, 0.15) is 5.82 Å². The van der Waals surface area contributed by atoms with Crippen molar-refractivity contribution in [3.8, 4) is 11.3 Å². The smallest absolute Gasteiger partial charge is 0.148 e. The number of likely N-dealkylation sites (tertiary alicyclic amines) is 1. The lowest BCUT2D eigenvalue weighted by Crippen LogP contribution is -2.45. The van der Waals surface area contributed by atoms with E-state index in [1.165, 1.54) is 0 Å². The maximum atomic E-state index is 6.24. The lowest BCUT2D eigenvalue weighted by molar-refractivity contribution is 0.00184. The number of aromatic nitrogens is 2. The molecule has 0 amide bonds. The number of benzene rings is 1. The van der Waals surface area contributed by atoms with Crippen LogP contribution in [0.5, 0.6) is 0 Å². The van der Waals surface area contributed by atoms with E-state index in [-0.39, 0.29) is 5.54 Å². The Balaban J connectivity index is 1.44. The third kappa shape index (κ3) is 3.36. The Morgan fingerprint density at radius 2 is 1.96 bits per heavy atom. The highest BCUT2D eigenvalue weighted by Gasteiger charge is 2.44. The molecule has 1 unspecified atom stereocenters. The van der Waals surface area contributed by atoms with Crippen LogP contribution < -0.4 is 5.32 Å². The lowest BCUT2D eigenvalue weighted by atomic mass is 9.86. The van der Waals surface area contributed by atoms with Gasteiger partial charge in [-0.3, -0.25) is 4.90 Å². The molecule has 0 bridgehead atoms. The summed E-state index contributed by atoms with van der Waals surface area (Å²) in [6.45, 7) is 2.75. The Bertz CT molecular complexity index is 730. The van der Waals surface area contributed by atoms with Gasteiger partial charge in [0.2, 0.25) is 0 Å². The first-order valence-electron chi connectivity index (χ1n) is 8.80. The Morgan fingerprint density at radius 3 is 2.68 bits per heavy atom. The number of hydrogen-bond donors (Lipinski definition) is 1. The summed E-state index contributed by atoms with van der Waals surface area (Å²) in [6, 6.07) is 12.0. The number of anilines is 1. The minimum absolute atomic E-state index is 0.279. The Hall–Kier alpha value is -1.69. The van der Waals surface area contributed by atoms with Crippen molar-refractivity contribution in [2.75, 3.05) is 32.1 Å². The standard InChI is InChI=1S/C19H23ClN4O/c1-24-13-14(12-19(24)8-10-25-11-9-19)21-18-7-6-17(22-23-18)15-4-2-3-5-16(15)20/h2-7,14H,8-13H2,1H3,(H,21,23). The lowest BCUT2D eigenvalue weighted by Gasteiger charge is -2.39. The number of nitrogens with zero attached hydrogens (tertiary/aromatic N) is 3. The third-order valence-electron chi connectivity index (χ3n) is 5.52. The highest BCUT2D eigenvalue weighted by molar-refractivity contribution is 6.33. The molecule has 2 aliphatic heterocycles. The molecule has 132 valence electrons. The quantitative estimate of drug-likeness (QED) is 0.910. The summed E-state index contributed by atoms with van der Waals surface area (Å²) >= 11 is 6.24. The number of rotatable bonds is 3. The van der Waals surface area contributed by atoms with Crippen LogP contribution in [0.2, 0.25) is 5.02 Å². The van der Waals surface area contributed by atoms with Crippen molar-refractivity contribution < 1.29 is 4.74 Å². The number of hydrogen-bond acceptors (Lipinski definition) is 5. The van der Waals surface area contributed by atoms with Crippen LogP contribution in [0.4, 0.5) is 5.82 Å². The molecule has 6 heteroatoms. The molecule has 2 saturated heterocycles. The molecule has 1 aromatic carbocycles. The summed E-state index contributed by atoms with van der Waals surface area (Å²) in [4.78, 5) is 2.48. The first kappa shape index (κ1) is 16.8. The highest BCUT2D eigenvalue weighted by atomic mass is 35.5. The molecule has 0 saturated carbocycles. The van der Waals surface area contributed by atoms with Crippen LogP contribution in [0.25, 0.3) is 11.3 Å². The third-order valence-corrected chi connectivity index (χ3v) is 5.85. The van der Waals surface area contributed by atoms with Crippen LogP contribution in [0.3, 0.4) is 0 Å². The highest BCUT2D eigenvalue weighted by Crippen LogP contribution is 2.37. The van der Waals surface area contributed by atoms with E-state index in [9.17, 15) is 0 Å². The second kappa shape index (κ2) is 6.90. The summed E-state index contributed by atoms with van der Waals surface area (Å²) in [5, 5.41) is 12.9. The van der Waals surface area contributed by atoms with E-state index < -0.39 is 0 Å². The molecule has 25 heavy (non-hydrogen) atoms. The minimum atomic E-state index is 0.279. The van der Waals surface area contributed by atoms with Crippen molar-refractivity contribution in [3.05, 3.63) is 41.4 Å². The van der Waals surface area contributed by atoms with E-state index in [4.69, 9.17) is 16.3 Å². The summed E-state index contributed by atoms with van der Waals surface area (Å²) in [6.07, 6.45) is 3.35. The molecule has 0 radical (unpaired) electrons. The molecule has 1 spiro atoms. The number of ether oxygens (including phenoxy) is 1. The maximum absolute atomic E-state index is 6.24. The van der Waals surface area contributed by atoms with Gasteiger partial charge in [0.25, 0.3) is 0 Å². The SMILES string of the molecule is CN1CC(Nc2ccc(-c3ccccc3Cl)nn2)CC12CCOCC2. The van der Waals surface area contributed by atoms with E-state index in [0.717, 1.165) is 56.1 Å². The van der Waals surface area contributed by atoms with Crippen molar-refractivity contribution in [3.63, 3.8) is 0 Å². The second-order valence-electron chi connectivity index (χ2n) is 7.05. The molecule has 3 heterocycles. The van der Waals surface area contributed by atoms with Gasteiger partial charge in [-0.2, -0.15) is 0 Å². The van der Waals surface area contributed by atoms with Gasteiger partial charge in [-0.15, -0.1) is 10.2 Å². The van der Waals surface area contributed by atoms with Gasteiger partial charge in [0.15, 0.2) is 0 Å². The summed E-state index contributed by atoms with van der Waals surface area (Å²) < 4.78 is 5.54. The zero-order valence-corrected chi connectivity index (χ0v) is 15.2. The van der Waals surface area contributed by atoms with Crippen molar-refractivity contribution in [2.24, 2.45) is 0 Å². The minimum Gasteiger partial charge on any atom is -0.381 e. The predicted molar refractivity (Wildman–Crippen MR) is 99.9 cm³/mol. The van der Waals surface area contributed by atoms with Gasteiger partial charge in [-0.25, -0.2) is 0 Å². The van der Waals surface area contributed by atoms with Crippen molar-refractivity contribution in [1.82, 2.24) is 15.1 Å². The topological polar surface area (TPSA) is 50.3 Å². The van der Waals surface area contributed by atoms with E-state index in [1.54, 1.807) is 0 Å². The molecular weight excluding hydrogens is 336 g/mol. The van der Waals surface area contributed by atoms with Crippen LogP contribution in [0.15, 0.2) is 36.4 Å². The van der Waals surface area contributed by atoms with Crippen LogP contribution in [0.1, 0.15) is 19.3 Å². The molecule has 0 aliphatic carbocycles. The first-order chi connectivity index (χ1) is 12.2. The molecular formula is C19H23ClN4O. The zero-order valence-electron chi connectivity index (χ0n) is 14.4. The average molecular weight is 359 g/mol. The van der Waals surface area contributed by atoms with E-state index >= 15 is 0 Å². The molecule has 5 nitrogen and oxygen atoms in total. The van der Waals surface area contributed by atoms with Crippen LogP contribution in [-0.4, -0.2) is 53.5 Å². The molecule has 2 fully saturated rings. The Morgan fingerprint density at radius 1 is 1.16 bits per heavy atom. The predicted octanol–water partition coefficient (Wildman–Crippen LogP) is 3.46. The van der Waals surface area contributed by atoms with Crippen molar-refractivity contribution in [1.29, 1.82) is 0 Å². The normalized spacial score (nSPS) is 23.0. The fourth-order valence-corrected chi connectivity index (χ4v) is 4.30. The number of nitrogens with one attached hydrogen (secondary N) is 1. The van der Waals surface area contributed by atoms with Crippen molar-refractivity contribution in [2.45, 2.75) is 30.8 Å². The Kier molecular flexibility index (Phi) is 4.63. The van der Waals surface area contributed by atoms with E-state index in [1.807, 2.05) is 36.4 Å². The fraction of sp³-hybridized carbons (Fsp3) is 0.474. The van der Waals surface area contributed by atoms with Gasteiger partial charge < -0.3 is 10.1 Å². The van der Waals surface area contributed by atoms with Gasteiger partial charge in [0.05, 0.1) is 10.7 Å². The number of likely N-dealkylation sites (N-methyl/N-ethyl adjacent to an activating group) is 1. The van der Waals surface area contributed by atoms with E-state index in [0.29, 0.717) is 11.1 Å². The van der Waals surface area contributed by atoms with Crippen LogP contribution in [0, 0.1) is 0 Å². The Labute approximate surface area is 153 Å². The maximum Gasteiger partial charge on any atom is 0.148 e. The van der Waals surface area contributed by atoms with Crippen LogP contribution >= 0.6 is 11.6 Å². The van der Waals surface area contributed by atoms with Gasteiger partial charge in [0, 0.05) is 36.9 Å². The first-order valence-corrected chi connectivity index (χ1v) is 9.18. The second-order valence-corrected chi connectivity index (χ2v) is 7.45. The van der Waals surface area contributed by atoms with Crippen LogP contribution in [-0.2, 0) is 4.74 Å². The summed E-state index contributed by atoms with van der Waals surface area (Å²) in [5.41, 5.74) is 1.98. The summed E-state index contributed by atoms with van der Waals surface area (Å²) in [5.74, 6) is 0.818. The largest absolute Gasteiger partial charge is 0.381 e. The molecule has 4 rings (SSSR count). The van der Waals surface area contributed by atoms with Gasteiger partial charge in [-0.05, 0) is 44.5 Å². The molecule has 2 aliphatic rings. The van der Waals surface area contributed by atoms with Gasteiger partial charge >= 0.3 is 0 Å². The average Bonchev–Trinajstić information content (AvgIpc) is 2.91. The van der Waals surface area contributed by atoms with Gasteiger partial charge in [-0.1, -0.05) is 29.8 Å². The molecule has 2 aromatic rings. The molecule has 1 N–H and O–H groups in total.